The van der Waals surface area contributed by atoms with Gasteiger partial charge >= 0.3 is 0 Å². The Morgan fingerprint density at radius 1 is 1.45 bits per heavy atom. The standard InChI is InChI=1S/C11H18N6O2S/c1-3-17-7-10(4-9(17)5-12)20(18,19)14-6-11-15-13-8-16(11)2/h4,7-8,14H,3,5-6,12H2,1-2H3. The molecule has 2 rings (SSSR count). The van der Waals surface area contributed by atoms with Gasteiger partial charge in [0.2, 0.25) is 10.0 Å². The summed E-state index contributed by atoms with van der Waals surface area (Å²) >= 11 is 0. The molecule has 0 aliphatic heterocycles. The molecule has 2 aromatic rings. The fraction of sp³-hybridized carbons (Fsp3) is 0.455. The van der Waals surface area contributed by atoms with E-state index in [2.05, 4.69) is 14.9 Å². The van der Waals surface area contributed by atoms with Gasteiger partial charge in [-0.1, -0.05) is 0 Å². The van der Waals surface area contributed by atoms with Crippen LogP contribution in [-0.2, 0) is 36.7 Å². The number of hydrogen-bond donors (Lipinski definition) is 2. The van der Waals surface area contributed by atoms with E-state index in [4.69, 9.17) is 5.73 Å². The minimum absolute atomic E-state index is 0.0914. The molecule has 0 unspecified atom stereocenters. The lowest BCUT2D eigenvalue weighted by Gasteiger charge is -2.04. The van der Waals surface area contributed by atoms with E-state index in [0.717, 1.165) is 5.69 Å². The molecular weight excluding hydrogens is 280 g/mol. The van der Waals surface area contributed by atoms with Crippen molar-refractivity contribution in [3.05, 3.63) is 30.1 Å². The first-order valence-corrected chi connectivity index (χ1v) is 7.68. The van der Waals surface area contributed by atoms with Crippen LogP contribution in [-0.4, -0.2) is 27.7 Å². The van der Waals surface area contributed by atoms with Crippen molar-refractivity contribution in [2.45, 2.75) is 31.5 Å². The van der Waals surface area contributed by atoms with Gasteiger partial charge in [-0.3, -0.25) is 0 Å². The Labute approximate surface area is 117 Å². The highest BCUT2D eigenvalue weighted by atomic mass is 32.2. The van der Waals surface area contributed by atoms with Gasteiger partial charge in [-0.05, 0) is 13.0 Å². The summed E-state index contributed by atoms with van der Waals surface area (Å²) < 4.78 is 30.4. The zero-order chi connectivity index (χ0) is 14.8. The Kier molecular flexibility index (Phi) is 4.21. The summed E-state index contributed by atoms with van der Waals surface area (Å²) in [6, 6.07) is 1.59. The number of nitrogens with two attached hydrogens (primary N) is 1. The van der Waals surface area contributed by atoms with Crippen molar-refractivity contribution in [3.8, 4) is 0 Å². The van der Waals surface area contributed by atoms with Gasteiger partial charge in [0.15, 0.2) is 0 Å². The number of aromatic nitrogens is 4. The Morgan fingerprint density at radius 3 is 2.70 bits per heavy atom. The van der Waals surface area contributed by atoms with Crippen molar-refractivity contribution in [1.82, 2.24) is 24.1 Å². The van der Waals surface area contributed by atoms with Crippen LogP contribution < -0.4 is 10.5 Å². The molecule has 0 radical (unpaired) electrons. The highest BCUT2D eigenvalue weighted by molar-refractivity contribution is 7.89. The van der Waals surface area contributed by atoms with Gasteiger partial charge in [0.05, 0.1) is 11.4 Å². The largest absolute Gasteiger partial charge is 0.349 e. The van der Waals surface area contributed by atoms with E-state index in [0.29, 0.717) is 18.9 Å². The summed E-state index contributed by atoms with van der Waals surface area (Å²) in [7, 11) is -1.83. The number of rotatable bonds is 6. The van der Waals surface area contributed by atoms with E-state index in [1.54, 1.807) is 23.9 Å². The molecule has 0 amide bonds. The molecule has 0 saturated carbocycles. The SMILES string of the molecule is CCn1cc(S(=O)(=O)NCc2nncn2C)cc1CN. The van der Waals surface area contributed by atoms with Crippen LogP contribution in [0.15, 0.2) is 23.5 Å². The Morgan fingerprint density at radius 2 is 2.20 bits per heavy atom. The molecule has 0 aromatic carbocycles. The summed E-state index contributed by atoms with van der Waals surface area (Å²) in [6.45, 7) is 2.99. The predicted molar refractivity (Wildman–Crippen MR) is 73.0 cm³/mol. The molecule has 0 aliphatic rings. The first-order chi connectivity index (χ1) is 9.47. The molecule has 2 aromatic heterocycles. The second-order valence-corrected chi connectivity index (χ2v) is 6.11. The van der Waals surface area contributed by atoms with Gasteiger partial charge < -0.3 is 14.9 Å². The van der Waals surface area contributed by atoms with E-state index in [-0.39, 0.29) is 11.4 Å². The molecule has 110 valence electrons. The first kappa shape index (κ1) is 14.7. The van der Waals surface area contributed by atoms with Crippen LogP contribution in [0.4, 0.5) is 0 Å². The second kappa shape index (κ2) is 5.73. The van der Waals surface area contributed by atoms with E-state index in [1.165, 1.54) is 6.33 Å². The Bertz CT molecular complexity index is 666. The minimum atomic E-state index is -3.58. The molecule has 9 heteroatoms. The van der Waals surface area contributed by atoms with Crippen LogP contribution in [0.2, 0.25) is 0 Å². The molecule has 0 spiro atoms. The molecule has 20 heavy (non-hydrogen) atoms. The molecule has 0 aliphatic carbocycles. The van der Waals surface area contributed by atoms with E-state index in [1.807, 2.05) is 11.5 Å². The lowest BCUT2D eigenvalue weighted by Crippen LogP contribution is -2.24. The van der Waals surface area contributed by atoms with E-state index in [9.17, 15) is 8.42 Å². The van der Waals surface area contributed by atoms with Crippen LogP contribution in [0.1, 0.15) is 18.4 Å². The number of sulfonamides is 1. The molecule has 0 bridgehead atoms. The summed E-state index contributed by atoms with van der Waals surface area (Å²) in [5.74, 6) is 0.544. The third kappa shape index (κ3) is 2.89. The number of nitrogens with one attached hydrogen (secondary N) is 1. The fourth-order valence-electron chi connectivity index (χ4n) is 1.85. The van der Waals surface area contributed by atoms with Crippen LogP contribution in [0.25, 0.3) is 0 Å². The van der Waals surface area contributed by atoms with Gasteiger partial charge in [0, 0.05) is 32.0 Å². The van der Waals surface area contributed by atoms with Crippen LogP contribution in [0.3, 0.4) is 0 Å². The number of hydrogen-bond acceptors (Lipinski definition) is 5. The highest BCUT2D eigenvalue weighted by Crippen LogP contribution is 2.14. The van der Waals surface area contributed by atoms with Crippen molar-refractivity contribution < 1.29 is 8.42 Å². The average molecular weight is 298 g/mol. The quantitative estimate of drug-likeness (QED) is 0.752. The van der Waals surface area contributed by atoms with Gasteiger partial charge in [-0.2, -0.15) is 0 Å². The molecule has 0 saturated heterocycles. The van der Waals surface area contributed by atoms with E-state index >= 15 is 0 Å². The molecule has 2 heterocycles. The van der Waals surface area contributed by atoms with Crippen molar-refractivity contribution in [2.24, 2.45) is 12.8 Å². The average Bonchev–Trinajstić information content (AvgIpc) is 3.02. The first-order valence-electron chi connectivity index (χ1n) is 6.19. The third-order valence-corrected chi connectivity index (χ3v) is 4.41. The van der Waals surface area contributed by atoms with Gasteiger partial charge in [0.1, 0.15) is 12.2 Å². The Hall–Kier alpha value is -1.71. The smallest absolute Gasteiger partial charge is 0.242 e. The van der Waals surface area contributed by atoms with Gasteiger partial charge in [0.25, 0.3) is 0 Å². The Balaban J connectivity index is 2.18. The van der Waals surface area contributed by atoms with Crippen LogP contribution in [0.5, 0.6) is 0 Å². The predicted octanol–water partition coefficient (Wildman–Crippen LogP) is -0.426. The fourth-order valence-corrected chi connectivity index (χ4v) is 2.89. The van der Waals surface area contributed by atoms with Gasteiger partial charge in [-0.15, -0.1) is 10.2 Å². The highest BCUT2D eigenvalue weighted by Gasteiger charge is 2.18. The minimum Gasteiger partial charge on any atom is -0.349 e. The third-order valence-electron chi connectivity index (χ3n) is 3.05. The normalized spacial score (nSPS) is 11.9. The lowest BCUT2D eigenvalue weighted by atomic mass is 10.4. The van der Waals surface area contributed by atoms with Crippen molar-refractivity contribution in [3.63, 3.8) is 0 Å². The summed E-state index contributed by atoms with van der Waals surface area (Å²) in [5, 5.41) is 7.53. The van der Waals surface area contributed by atoms with E-state index < -0.39 is 10.0 Å². The maximum absolute atomic E-state index is 12.2. The van der Waals surface area contributed by atoms with Crippen LogP contribution >= 0.6 is 0 Å². The summed E-state index contributed by atoms with van der Waals surface area (Å²) in [4.78, 5) is 0.210. The zero-order valence-corrected chi connectivity index (χ0v) is 12.3. The summed E-state index contributed by atoms with van der Waals surface area (Å²) in [6.07, 6.45) is 3.10. The number of nitrogens with zero attached hydrogens (tertiary/aromatic N) is 4. The zero-order valence-electron chi connectivity index (χ0n) is 11.4. The van der Waals surface area contributed by atoms with Crippen molar-refractivity contribution >= 4 is 10.0 Å². The molecule has 0 atom stereocenters. The molecular formula is C11H18N6O2S. The van der Waals surface area contributed by atoms with Crippen LogP contribution in [0, 0.1) is 0 Å². The van der Waals surface area contributed by atoms with Crippen molar-refractivity contribution in [2.75, 3.05) is 0 Å². The maximum Gasteiger partial charge on any atom is 0.242 e. The lowest BCUT2D eigenvalue weighted by molar-refractivity contribution is 0.577. The number of aryl methyl sites for hydroxylation is 2. The topological polar surface area (TPSA) is 108 Å². The van der Waals surface area contributed by atoms with Gasteiger partial charge in [-0.25, -0.2) is 13.1 Å². The second-order valence-electron chi connectivity index (χ2n) is 4.34. The maximum atomic E-state index is 12.2. The monoisotopic (exact) mass is 298 g/mol. The summed E-state index contributed by atoms with van der Waals surface area (Å²) in [5.41, 5.74) is 6.38. The molecule has 0 fully saturated rings. The van der Waals surface area contributed by atoms with Crippen molar-refractivity contribution in [1.29, 1.82) is 0 Å². The molecule has 3 N–H and O–H groups in total. The molecule has 8 nitrogen and oxygen atoms in total.